The number of aliphatic hydroxyl groups is 2. The zero-order valence-electron chi connectivity index (χ0n) is 31.3. The molecule has 0 aromatic rings. The first-order valence-electron chi connectivity index (χ1n) is 20.4. The summed E-state index contributed by atoms with van der Waals surface area (Å²) in [7, 11) is 0. The van der Waals surface area contributed by atoms with Crippen molar-refractivity contribution in [2.45, 2.75) is 212 Å². The maximum atomic E-state index is 12.3. The second-order valence-corrected chi connectivity index (χ2v) is 13.7. The summed E-state index contributed by atoms with van der Waals surface area (Å²) in [5.41, 5.74) is 0. The lowest BCUT2D eigenvalue weighted by Crippen LogP contribution is -2.45. The zero-order valence-corrected chi connectivity index (χ0v) is 31.3. The lowest BCUT2D eigenvalue weighted by Gasteiger charge is -2.19. The number of carbonyl (C=O) groups excluding carboxylic acids is 1. The Morgan fingerprint density at radius 2 is 0.830 bits per heavy atom. The Bertz CT molecular complexity index is 756. The van der Waals surface area contributed by atoms with E-state index in [-0.39, 0.29) is 12.5 Å². The van der Waals surface area contributed by atoms with Crippen LogP contribution in [-0.2, 0) is 4.79 Å². The number of carbonyl (C=O) groups is 1. The monoisotopic (exact) mass is 658 g/mol. The second-order valence-electron chi connectivity index (χ2n) is 13.7. The molecule has 0 spiro atoms. The van der Waals surface area contributed by atoms with Crippen LogP contribution < -0.4 is 5.32 Å². The predicted molar refractivity (Wildman–Crippen MR) is 207 cm³/mol. The molecule has 0 bridgehead atoms. The van der Waals surface area contributed by atoms with Gasteiger partial charge in [0.1, 0.15) is 0 Å². The molecule has 0 aliphatic rings. The van der Waals surface area contributed by atoms with Crippen molar-refractivity contribution < 1.29 is 15.0 Å². The van der Waals surface area contributed by atoms with Crippen molar-refractivity contribution in [2.24, 2.45) is 0 Å². The third kappa shape index (κ3) is 35.5. The van der Waals surface area contributed by atoms with Crippen LogP contribution >= 0.6 is 0 Å². The van der Waals surface area contributed by atoms with Crippen molar-refractivity contribution in [3.05, 3.63) is 48.6 Å². The Morgan fingerprint density at radius 3 is 1.23 bits per heavy atom. The summed E-state index contributed by atoms with van der Waals surface area (Å²) in [5.74, 6) is -0.0887. The fraction of sp³-hybridized carbons (Fsp3) is 0.791. The summed E-state index contributed by atoms with van der Waals surface area (Å²) in [6, 6.07) is -0.649. The van der Waals surface area contributed by atoms with Gasteiger partial charge in [-0.2, -0.15) is 0 Å². The van der Waals surface area contributed by atoms with Gasteiger partial charge in [-0.25, -0.2) is 0 Å². The Labute approximate surface area is 293 Å². The summed E-state index contributed by atoms with van der Waals surface area (Å²) in [5, 5.41) is 22.9. The van der Waals surface area contributed by atoms with Crippen LogP contribution in [0.1, 0.15) is 200 Å². The average molecular weight is 658 g/mol. The van der Waals surface area contributed by atoms with Gasteiger partial charge in [-0.3, -0.25) is 4.79 Å². The molecule has 0 aliphatic heterocycles. The molecule has 4 heteroatoms. The van der Waals surface area contributed by atoms with Gasteiger partial charge in [0.25, 0.3) is 0 Å². The Balaban J connectivity index is 3.69. The highest BCUT2D eigenvalue weighted by atomic mass is 16.3. The maximum absolute atomic E-state index is 12.3. The normalized spacial score (nSPS) is 13.5. The van der Waals surface area contributed by atoms with Gasteiger partial charge < -0.3 is 15.5 Å². The van der Waals surface area contributed by atoms with Crippen molar-refractivity contribution >= 4 is 5.91 Å². The molecule has 0 rings (SSSR count). The molecule has 0 aliphatic carbocycles. The number of hydrogen-bond acceptors (Lipinski definition) is 3. The molecule has 2 atom stereocenters. The Morgan fingerprint density at radius 1 is 0.489 bits per heavy atom. The van der Waals surface area contributed by atoms with Crippen LogP contribution in [0.5, 0.6) is 0 Å². The third-order valence-electron chi connectivity index (χ3n) is 9.01. The molecular formula is C43H79NO3. The number of aliphatic hydroxyl groups excluding tert-OH is 2. The number of hydrogen-bond donors (Lipinski definition) is 3. The van der Waals surface area contributed by atoms with Gasteiger partial charge in [0.15, 0.2) is 0 Å². The second kappa shape index (κ2) is 38.8. The number of rotatable bonds is 36. The van der Waals surface area contributed by atoms with Crippen LogP contribution in [0.3, 0.4) is 0 Å². The van der Waals surface area contributed by atoms with E-state index in [4.69, 9.17) is 0 Å². The minimum atomic E-state index is -0.872. The van der Waals surface area contributed by atoms with Crippen LogP contribution in [0, 0.1) is 0 Å². The van der Waals surface area contributed by atoms with Crippen molar-refractivity contribution in [1.82, 2.24) is 5.32 Å². The predicted octanol–water partition coefficient (Wildman–Crippen LogP) is 12.4. The SMILES string of the molecule is CCCCCCC/C=C\CCCCCCCC(=O)NC(CO)C(O)/C=C/CC/C=C/CC/C=C/CCCCCCCCCCCCC. The van der Waals surface area contributed by atoms with Crippen LogP contribution in [0.15, 0.2) is 48.6 Å². The van der Waals surface area contributed by atoms with Crippen molar-refractivity contribution in [3.63, 3.8) is 0 Å². The molecule has 2 unspecified atom stereocenters. The molecule has 4 nitrogen and oxygen atoms in total. The molecule has 0 saturated carbocycles. The largest absolute Gasteiger partial charge is 0.394 e. The van der Waals surface area contributed by atoms with Crippen molar-refractivity contribution in [2.75, 3.05) is 6.61 Å². The van der Waals surface area contributed by atoms with E-state index < -0.39 is 12.1 Å². The molecular weight excluding hydrogens is 578 g/mol. The third-order valence-corrected chi connectivity index (χ3v) is 9.01. The topological polar surface area (TPSA) is 69.6 Å². The molecule has 0 saturated heterocycles. The number of allylic oxidation sites excluding steroid dienone is 7. The van der Waals surface area contributed by atoms with E-state index in [1.807, 2.05) is 6.08 Å². The summed E-state index contributed by atoms with van der Waals surface area (Å²) in [4.78, 5) is 12.3. The minimum Gasteiger partial charge on any atom is -0.394 e. The lowest BCUT2D eigenvalue weighted by molar-refractivity contribution is -0.123. The van der Waals surface area contributed by atoms with E-state index in [1.54, 1.807) is 6.08 Å². The highest BCUT2D eigenvalue weighted by Crippen LogP contribution is 2.13. The standard InChI is InChI=1S/C43H79NO3/c1-3-5-7-9-11-13-15-17-19-20-21-22-23-24-25-26-28-30-32-34-36-38-42(46)41(40-45)44-43(47)39-37-35-33-31-29-27-18-16-14-12-10-8-6-4-2/h16,18,23-24,28,30,36,38,41-42,45-46H,3-15,17,19-22,25-27,29,31-35,37,39-40H2,1-2H3,(H,44,47)/b18-16-,24-23+,30-28+,38-36+. The fourth-order valence-corrected chi connectivity index (χ4v) is 5.85. The van der Waals surface area contributed by atoms with E-state index >= 15 is 0 Å². The quantitative estimate of drug-likeness (QED) is 0.0464. The van der Waals surface area contributed by atoms with Crippen molar-refractivity contribution in [3.8, 4) is 0 Å². The van der Waals surface area contributed by atoms with Crippen LogP contribution in [0.25, 0.3) is 0 Å². The minimum absolute atomic E-state index is 0.0887. The molecule has 0 radical (unpaired) electrons. The van der Waals surface area contributed by atoms with Gasteiger partial charge in [-0.05, 0) is 70.6 Å². The molecule has 0 fully saturated rings. The van der Waals surface area contributed by atoms with Crippen LogP contribution in [-0.4, -0.2) is 34.9 Å². The van der Waals surface area contributed by atoms with E-state index in [2.05, 4.69) is 55.6 Å². The van der Waals surface area contributed by atoms with Crippen molar-refractivity contribution in [1.29, 1.82) is 0 Å². The molecule has 274 valence electrons. The fourth-order valence-electron chi connectivity index (χ4n) is 5.85. The van der Waals surface area contributed by atoms with E-state index in [1.165, 1.54) is 128 Å². The van der Waals surface area contributed by atoms with E-state index in [0.29, 0.717) is 6.42 Å². The van der Waals surface area contributed by atoms with Gasteiger partial charge >= 0.3 is 0 Å². The lowest BCUT2D eigenvalue weighted by atomic mass is 10.1. The molecule has 3 N–H and O–H groups in total. The van der Waals surface area contributed by atoms with Crippen LogP contribution in [0.4, 0.5) is 0 Å². The van der Waals surface area contributed by atoms with E-state index in [9.17, 15) is 15.0 Å². The summed E-state index contributed by atoms with van der Waals surface area (Å²) in [6.45, 7) is 4.27. The number of unbranched alkanes of at least 4 members (excludes halogenated alkanes) is 23. The molecule has 0 heterocycles. The first kappa shape index (κ1) is 45.3. The van der Waals surface area contributed by atoms with E-state index in [0.717, 1.165) is 51.4 Å². The van der Waals surface area contributed by atoms with Gasteiger partial charge in [-0.1, -0.05) is 172 Å². The summed E-state index contributed by atoms with van der Waals surface area (Å²) in [6.07, 6.45) is 52.1. The molecule has 1 amide bonds. The van der Waals surface area contributed by atoms with Gasteiger partial charge in [0.2, 0.25) is 5.91 Å². The zero-order chi connectivity index (χ0) is 34.3. The Hall–Kier alpha value is -1.65. The number of amides is 1. The van der Waals surface area contributed by atoms with Gasteiger partial charge in [0, 0.05) is 6.42 Å². The van der Waals surface area contributed by atoms with Gasteiger partial charge in [0.05, 0.1) is 18.8 Å². The van der Waals surface area contributed by atoms with Crippen LogP contribution in [0.2, 0.25) is 0 Å². The summed E-state index contributed by atoms with van der Waals surface area (Å²) >= 11 is 0. The maximum Gasteiger partial charge on any atom is 0.220 e. The van der Waals surface area contributed by atoms with Gasteiger partial charge in [-0.15, -0.1) is 0 Å². The first-order chi connectivity index (χ1) is 23.2. The number of nitrogens with one attached hydrogen (secondary N) is 1. The molecule has 47 heavy (non-hydrogen) atoms. The summed E-state index contributed by atoms with van der Waals surface area (Å²) < 4.78 is 0. The highest BCUT2D eigenvalue weighted by molar-refractivity contribution is 5.76. The highest BCUT2D eigenvalue weighted by Gasteiger charge is 2.17. The first-order valence-corrected chi connectivity index (χ1v) is 20.4. The smallest absolute Gasteiger partial charge is 0.220 e. The average Bonchev–Trinajstić information content (AvgIpc) is 3.07. The Kier molecular flexibility index (Phi) is 37.4. The molecule has 0 aromatic carbocycles. The molecule has 0 aromatic heterocycles.